The van der Waals surface area contributed by atoms with Crippen LogP contribution in [0.3, 0.4) is 0 Å². The van der Waals surface area contributed by atoms with Crippen LogP contribution in [0, 0.1) is 17.8 Å². The third-order valence-corrected chi connectivity index (χ3v) is 10.6. The number of carbonyl (C=O) groups excluding carboxylic acids is 6. The molecule has 0 spiro atoms. The van der Waals surface area contributed by atoms with Crippen LogP contribution in [-0.4, -0.2) is 91.8 Å². The first-order valence-corrected chi connectivity index (χ1v) is 20.3. The molecule has 310 valence electrons. The van der Waals surface area contributed by atoms with Gasteiger partial charge in [0.05, 0.1) is 24.5 Å². The molecule has 2 aliphatic rings. The van der Waals surface area contributed by atoms with E-state index in [4.69, 9.17) is 0 Å². The Hall–Kier alpha value is -5.57. The number of Topliss-reactive ketones (excluding diaryl/α,β-unsaturated/α-hetero) is 2. The van der Waals surface area contributed by atoms with Gasteiger partial charge in [0.2, 0.25) is 23.6 Å². The lowest BCUT2D eigenvalue weighted by atomic mass is 9.94. The average molecular weight is 798 g/mol. The lowest BCUT2D eigenvalue weighted by Gasteiger charge is -2.28. The largest absolute Gasteiger partial charge is 0.480 e. The molecule has 3 heterocycles. The van der Waals surface area contributed by atoms with Crippen molar-refractivity contribution >= 4 is 46.9 Å². The van der Waals surface area contributed by atoms with E-state index in [0.29, 0.717) is 55.8 Å². The minimum atomic E-state index is -1.18. The van der Waals surface area contributed by atoms with E-state index >= 15 is 0 Å². The minimum Gasteiger partial charge on any atom is -0.480 e. The highest BCUT2D eigenvalue weighted by atomic mass is 16.4. The fourth-order valence-electron chi connectivity index (χ4n) is 7.52. The standard InChI is InChI=1S/C43H55N7O8/c1-27(2)22-31(52)26-50-41-33-15-7-8-17-36(33)49(25-29-12-5-6-14-32(29)40(41)46-47-50)38(54)18-11-13-30(51)24-44-20-10-9-16-35(43(57)58)45-37(53)19-21-48-39(55)23-34(28(3)4)42(48)56/h5-8,12,14-15,17,27-28,34-35,44H,9-11,13,16,18-26H2,1-4H3,(H,45,53)(H,57,58). The zero-order valence-corrected chi connectivity index (χ0v) is 33.9. The van der Waals surface area contributed by atoms with Crippen LogP contribution in [0.2, 0.25) is 0 Å². The summed E-state index contributed by atoms with van der Waals surface area (Å²) >= 11 is 0. The Morgan fingerprint density at radius 3 is 2.31 bits per heavy atom. The Morgan fingerprint density at radius 2 is 1.60 bits per heavy atom. The van der Waals surface area contributed by atoms with E-state index in [9.17, 15) is 38.7 Å². The summed E-state index contributed by atoms with van der Waals surface area (Å²) < 4.78 is 1.63. The highest BCUT2D eigenvalue weighted by Gasteiger charge is 2.40. The molecule has 5 rings (SSSR count). The number of benzene rings is 2. The number of fused-ring (bicyclic) bond motifs is 5. The van der Waals surface area contributed by atoms with Crippen molar-refractivity contribution in [1.82, 2.24) is 30.5 Å². The van der Waals surface area contributed by atoms with Crippen molar-refractivity contribution in [1.29, 1.82) is 0 Å². The molecule has 0 aliphatic carbocycles. The van der Waals surface area contributed by atoms with Crippen LogP contribution >= 0.6 is 0 Å². The molecule has 1 saturated heterocycles. The van der Waals surface area contributed by atoms with E-state index in [1.165, 1.54) is 0 Å². The maximum atomic E-state index is 13.9. The van der Waals surface area contributed by atoms with Crippen molar-refractivity contribution < 1.29 is 38.7 Å². The van der Waals surface area contributed by atoms with Crippen molar-refractivity contribution in [3.05, 3.63) is 54.1 Å². The quantitative estimate of drug-likeness (QED) is 0.101. The lowest BCUT2D eigenvalue weighted by molar-refractivity contribution is -0.143. The number of likely N-dealkylation sites (tertiary alicyclic amines) is 1. The van der Waals surface area contributed by atoms with Gasteiger partial charge in [-0.3, -0.25) is 33.7 Å². The Morgan fingerprint density at radius 1 is 0.879 bits per heavy atom. The number of carbonyl (C=O) groups is 7. The number of hydrogen-bond donors (Lipinski definition) is 3. The van der Waals surface area contributed by atoms with Crippen LogP contribution in [0.5, 0.6) is 0 Å². The molecule has 58 heavy (non-hydrogen) atoms. The molecule has 0 radical (unpaired) electrons. The molecule has 4 amide bonds. The normalized spacial score (nSPS) is 15.4. The summed E-state index contributed by atoms with van der Waals surface area (Å²) in [5.41, 5.74) is 4.47. The number of aliphatic carboxylic acids is 1. The molecule has 0 bridgehead atoms. The van der Waals surface area contributed by atoms with Gasteiger partial charge in [0.1, 0.15) is 24.1 Å². The van der Waals surface area contributed by atoms with Gasteiger partial charge in [0.25, 0.3) is 0 Å². The first-order valence-electron chi connectivity index (χ1n) is 20.3. The highest BCUT2D eigenvalue weighted by molar-refractivity contribution is 6.04. The second-order valence-corrected chi connectivity index (χ2v) is 15.9. The van der Waals surface area contributed by atoms with Gasteiger partial charge in [-0.05, 0) is 55.7 Å². The third-order valence-electron chi connectivity index (χ3n) is 10.6. The molecule has 1 aromatic heterocycles. The monoisotopic (exact) mass is 797 g/mol. The molecule has 3 aromatic rings. The maximum absolute atomic E-state index is 13.9. The number of rotatable bonds is 21. The van der Waals surface area contributed by atoms with Crippen LogP contribution < -0.4 is 15.5 Å². The Bertz CT molecular complexity index is 2010. The van der Waals surface area contributed by atoms with Gasteiger partial charge in [-0.15, -0.1) is 5.10 Å². The first-order chi connectivity index (χ1) is 27.7. The summed E-state index contributed by atoms with van der Waals surface area (Å²) in [6, 6.07) is 14.1. The number of carboxylic acid groups (broad SMARTS) is 1. The predicted molar refractivity (Wildman–Crippen MR) is 216 cm³/mol. The van der Waals surface area contributed by atoms with Gasteiger partial charge in [-0.2, -0.15) is 0 Å². The van der Waals surface area contributed by atoms with Gasteiger partial charge in [0, 0.05) is 55.7 Å². The van der Waals surface area contributed by atoms with E-state index in [-0.39, 0.29) is 92.9 Å². The van der Waals surface area contributed by atoms with Crippen molar-refractivity contribution in [3.63, 3.8) is 0 Å². The minimum absolute atomic E-state index is 0.00944. The summed E-state index contributed by atoms with van der Waals surface area (Å²) in [7, 11) is 0. The molecule has 2 unspecified atom stereocenters. The highest BCUT2D eigenvalue weighted by Crippen LogP contribution is 2.41. The second kappa shape index (κ2) is 20.2. The predicted octanol–water partition coefficient (Wildman–Crippen LogP) is 4.56. The molecule has 15 heteroatoms. The molecular weight excluding hydrogens is 743 g/mol. The molecule has 2 aromatic carbocycles. The molecule has 15 nitrogen and oxygen atoms in total. The van der Waals surface area contributed by atoms with E-state index in [1.54, 1.807) is 9.58 Å². The number of unbranched alkanes of at least 4 members (excludes halogenated alkanes) is 1. The number of para-hydroxylation sites is 1. The first kappa shape index (κ1) is 43.6. The summed E-state index contributed by atoms with van der Waals surface area (Å²) in [5, 5.41) is 24.1. The van der Waals surface area contributed by atoms with E-state index in [0.717, 1.165) is 21.6 Å². The molecule has 0 saturated carbocycles. The van der Waals surface area contributed by atoms with Gasteiger partial charge < -0.3 is 20.6 Å². The maximum Gasteiger partial charge on any atom is 0.326 e. The molecule has 2 atom stereocenters. The fraction of sp³-hybridized carbons (Fsp3) is 0.512. The van der Waals surface area contributed by atoms with Gasteiger partial charge in [-0.25, -0.2) is 9.48 Å². The van der Waals surface area contributed by atoms with Crippen LogP contribution in [0.25, 0.3) is 22.5 Å². The fourth-order valence-corrected chi connectivity index (χ4v) is 7.52. The third kappa shape index (κ3) is 11.1. The smallest absolute Gasteiger partial charge is 0.326 e. The van der Waals surface area contributed by atoms with Crippen LogP contribution in [0.4, 0.5) is 5.69 Å². The van der Waals surface area contributed by atoms with Crippen LogP contribution in [0.15, 0.2) is 48.5 Å². The van der Waals surface area contributed by atoms with E-state index in [1.807, 2.05) is 76.2 Å². The van der Waals surface area contributed by atoms with Crippen LogP contribution in [0.1, 0.15) is 91.0 Å². The SMILES string of the molecule is CC(C)CC(=O)Cn1nnc2c1-c1ccccc1N(C(=O)CCCC(=O)CNCCCCC(NC(=O)CCN1C(=O)CC(C(C)C)C1=O)C(=O)O)Cc1ccccc1-2. The number of hydrogen-bond acceptors (Lipinski definition) is 10. The number of imide groups is 1. The number of nitrogens with zero attached hydrogens (tertiary/aromatic N) is 5. The number of carboxylic acids is 1. The summed E-state index contributed by atoms with van der Waals surface area (Å²) in [4.78, 5) is 91.5. The zero-order valence-electron chi connectivity index (χ0n) is 33.9. The van der Waals surface area contributed by atoms with Gasteiger partial charge >= 0.3 is 5.97 Å². The second-order valence-electron chi connectivity index (χ2n) is 15.9. The summed E-state index contributed by atoms with van der Waals surface area (Å²) in [5.74, 6) is -2.67. The van der Waals surface area contributed by atoms with Crippen molar-refractivity contribution in [2.45, 2.75) is 105 Å². The number of amides is 4. The van der Waals surface area contributed by atoms with Crippen LogP contribution in [-0.2, 0) is 46.7 Å². The van der Waals surface area contributed by atoms with Crippen molar-refractivity contribution in [3.8, 4) is 22.5 Å². The molecule has 1 fully saturated rings. The molecular formula is C43H55N7O8. The Balaban J connectivity index is 1.07. The number of ketones is 2. The van der Waals surface area contributed by atoms with Crippen molar-refractivity contribution in [2.24, 2.45) is 17.8 Å². The Labute approximate surface area is 338 Å². The van der Waals surface area contributed by atoms with E-state index < -0.39 is 23.8 Å². The summed E-state index contributed by atoms with van der Waals surface area (Å²) in [6.07, 6.45) is 2.27. The van der Waals surface area contributed by atoms with Gasteiger partial charge in [0.15, 0.2) is 5.78 Å². The van der Waals surface area contributed by atoms with Gasteiger partial charge in [-0.1, -0.05) is 75.4 Å². The molecule has 2 aliphatic heterocycles. The number of anilines is 1. The summed E-state index contributed by atoms with van der Waals surface area (Å²) in [6.45, 7) is 8.57. The topological polar surface area (TPSA) is 201 Å². The number of nitrogens with one attached hydrogen (secondary N) is 2. The Kier molecular flexibility index (Phi) is 15.2. The average Bonchev–Trinajstić information content (AvgIpc) is 3.71. The zero-order chi connectivity index (χ0) is 41.9. The molecule has 3 N–H and O–H groups in total. The van der Waals surface area contributed by atoms with E-state index in [2.05, 4.69) is 20.9 Å². The van der Waals surface area contributed by atoms with Crippen molar-refractivity contribution in [2.75, 3.05) is 24.5 Å². The lowest BCUT2D eigenvalue weighted by Crippen LogP contribution is -2.42. The number of aromatic nitrogens is 3.